The first-order valence-electron chi connectivity index (χ1n) is 35.6. The van der Waals surface area contributed by atoms with Gasteiger partial charge in [-0.05, 0) is 38.5 Å². The number of unbranched alkanes of at least 4 members (excludes halogenated alkanes) is 56. The summed E-state index contributed by atoms with van der Waals surface area (Å²) in [5.74, 6) is -0.575. The van der Waals surface area contributed by atoms with Crippen molar-refractivity contribution >= 4 is 5.91 Å². The summed E-state index contributed by atoms with van der Waals surface area (Å²) >= 11 is 0. The molecule has 0 aliphatic rings. The van der Waals surface area contributed by atoms with Gasteiger partial charge in [0.05, 0.1) is 18.8 Å². The van der Waals surface area contributed by atoms with Gasteiger partial charge >= 0.3 is 0 Å². The van der Waals surface area contributed by atoms with Crippen LogP contribution in [-0.4, -0.2) is 57.3 Å². The van der Waals surface area contributed by atoms with E-state index in [0.29, 0.717) is 12.8 Å². The maximum absolute atomic E-state index is 12.7. The lowest BCUT2D eigenvalue weighted by atomic mass is 9.99. The van der Waals surface area contributed by atoms with E-state index in [9.17, 15) is 25.2 Å². The van der Waals surface area contributed by atoms with Crippen LogP contribution in [0.4, 0.5) is 0 Å². The quantitative estimate of drug-likeness (QED) is 0.0308. The Hall–Kier alpha value is -0.950. The summed E-state index contributed by atoms with van der Waals surface area (Å²) in [4.78, 5) is 12.7. The average molecular weight is 1090 g/mol. The van der Waals surface area contributed by atoms with Gasteiger partial charge in [-0.3, -0.25) is 4.79 Å². The van der Waals surface area contributed by atoms with Gasteiger partial charge in [0.2, 0.25) is 5.91 Å². The highest BCUT2D eigenvalue weighted by atomic mass is 16.3. The van der Waals surface area contributed by atoms with E-state index in [4.69, 9.17) is 0 Å². The molecule has 0 aliphatic heterocycles. The molecule has 460 valence electrons. The highest BCUT2D eigenvalue weighted by Crippen LogP contribution is 2.20. The minimum absolute atomic E-state index is 0.374. The van der Waals surface area contributed by atoms with Crippen molar-refractivity contribution in [1.82, 2.24) is 5.32 Å². The number of nitrogens with one attached hydrogen (secondary N) is 1. The standard InChI is InChI=1S/C71H141NO5/c1-3-5-7-9-11-13-15-17-19-21-23-25-27-29-31-32-33-34-35-36-37-39-41-43-45-47-49-51-53-55-57-59-61-63-65-69(75)71(77)72-67(66-73)70(76)68(74)64-62-60-58-56-54-52-50-48-46-44-42-40-38-30-28-26-24-22-20-18-16-14-12-10-8-6-4-2/h32-33,67-70,73-76H,3-31,34-66H2,1-2H3,(H,72,77)/b33-32-. The van der Waals surface area contributed by atoms with Crippen LogP contribution in [0.15, 0.2) is 12.2 Å². The highest BCUT2D eigenvalue weighted by molar-refractivity contribution is 5.80. The second-order valence-electron chi connectivity index (χ2n) is 24.9. The maximum Gasteiger partial charge on any atom is 0.249 e. The van der Waals surface area contributed by atoms with Crippen molar-refractivity contribution in [3.63, 3.8) is 0 Å². The van der Waals surface area contributed by atoms with Gasteiger partial charge in [0, 0.05) is 0 Å². The zero-order valence-electron chi connectivity index (χ0n) is 52.5. The normalized spacial score (nSPS) is 13.5. The second kappa shape index (κ2) is 65.9. The van der Waals surface area contributed by atoms with E-state index in [-0.39, 0.29) is 0 Å². The molecule has 0 aliphatic carbocycles. The number of allylic oxidation sites excluding steroid dienone is 2. The zero-order valence-corrected chi connectivity index (χ0v) is 52.5. The van der Waals surface area contributed by atoms with Crippen LogP contribution in [0.1, 0.15) is 406 Å². The summed E-state index contributed by atoms with van der Waals surface area (Å²) in [6.45, 7) is 4.12. The van der Waals surface area contributed by atoms with Crippen molar-refractivity contribution < 1.29 is 25.2 Å². The molecule has 77 heavy (non-hydrogen) atoms. The fourth-order valence-electron chi connectivity index (χ4n) is 11.7. The highest BCUT2D eigenvalue weighted by Gasteiger charge is 2.28. The van der Waals surface area contributed by atoms with E-state index >= 15 is 0 Å². The Morgan fingerprint density at radius 2 is 0.519 bits per heavy atom. The first kappa shape index (κ1) is 76.0. The van der Waals surface area contributed by atoms with Crippen LogP contribution in [0.5, 0.6) is 0 Å². The van der Waals surface area contributed by atoms with E-state index in [1.54, 1.807) is 0 Å². The van der Waals surface area contributed by atoms with Crippen molar-refractivity contribution in [3.05, 3.63) is 12.2 Å². The number of amides is 1. The molecule has 0 bridgehead atoms. The molecule has 0 aromatic rings. The predicted molar refractivity (Wildman–Crippen MR) is 339 cm³/mol. The molecule has 1 amide bonds. The molecule has 0 aromatic carbocycles. The zero-order chi connectivity index (χ0) is 55.8. The molecule has 4 atom stereocenters. The van der Waals surface area contributed by atoms with Gasteiger partial charge in [-0.2, -0.15) is 0 Å². The van der Waals surface area contributed by atoms with Gasteiger partial charge in [0.25, 0.3) is 0 Å². The lowest BCUT2D eigenvalue weighted by Crippen LogP contribution is -2.53. The number of aliphatic hydroxyl groups is 4. The Balaban J connectivity index is 3.51. The molecular formula is C71H141NO5. The van der Waals surface area contributed by atoms with E-state index < -0.39 is 36.9 Å². The molecule has 0 saturated carbocycles. The van der Waals surface area contributed by atoms with Gasteiger partial charge in [0.15, 0.2) is 0 Å². The van der Waals surface area contributed by atoms with Crippen LogP contribution in [0, 0.1) is 0 Å². The van der Waals surface area contributed by atoms with Gasteiger partial charge in [-0.1, -0.05) is 379 Å². The summed E-state index contributed by atoms with van der Waals surface area (Å²) in [6.07, 6.45) is 82.0. The minimum Gasteiger partial charge on any atom is -0.394 e. The third-order valence-corrected chi connectivity index (χ3v) is 17.2. The number of hydrogen-bond acceptors (Lipinski definition) is 5. The first-order chi connectivity index (χ1) is 38.0. The summed E-state index contributed by atoms with van der Waals surface area (Å²) in [7, 11) is 0. The number of carbonyl (C=O) groups is 1. The molecule has 6 nitrogen and oxygen atoms in total. The minimum atomic E-state index is -1.26. The maximum atomic E-state index is 12.7. The van der Waals surface area contributed by atoms with E-state index in [1.165, 1.54) is 340 Å². The fraction of sp³-hybridized carbons (Fsp3) is 0.958. The van der Waals surface area contributed by atoms with Crippen LogP contribution in [0.3, 0.4) is 0 Å². The fourth-order valence-corrected chi connectivity index (χ4v) is 11.7. The summed E-state index contributed by atoms with van der Waals surface area (Å²) in [5.41, 5.74) is 0. The molecule has 0 spiro atoms. The monoisotopic (exact) mass is 1090 g/mol. The molecule has 0 fully saturated rings. The summed E-state index contributed by atoms with van der Waals surface area (Å²) in [6, 6.07) is -0.984. The Morgan fingerprint density at radius 1 is 0.312 bits per heavy atom. The van der Waals surface area contributed by atoms with Gasteiger partial charge in [-0.25, -0.2) is 0 Å². The topological polar surface area (TPSA) is 110 Å². The molecule has 0 rings (SSSR count). The SMILES string of the molecule is CCCCCCCCCCCCCCCC/C=C\CCCCCCCCCCCCCCCCCCC(O)C(=O)NC(CO)C(O)C(O)CCCCCCCCCCCCCCCCCCCCCCCCCCCCC. The van der Waals surface area contributed by atoms with Crippen molar-refractivity contribution in [1.29, 1.82) is 0 Å². The largest absolute Gasteiger partial charge is 0.394 e. The third kappa shape index (κ3) is 59.5. The Bertz CT molecular complexity index is 1130. The molecule has 0 heterocycles. The molecule has 0 saturated heterocycles. The smallest absolute Gasteiger partial charge is 0.249 e. The number of rotatable bonds is 67. The summed E-state index contributed by atoms with van der Waals surface area (Å²) in [5, 5.41) is 44.3. The number of hydrogen-bond donors (Lipinski definition) is 5. The summed E-state index contributed by atoms with van der Waals surface area (Å²) < 4.78 is 0. The predicted octanol–water partition coefficient (Wildman–Crippen LogP) is 21.9. The molecule has 0 aromatic heterocycles. The second-order valence-corrected chi connectivity index (χ2v) is 24.9. The lowest BCUT2D eigenvalue weighted by molar-refractivity contribution is -0.132. The van der Waals surface area contributed by atoms with Crippen molar-refractivity contribution in [2.75, 3.05) is 6.61 Å². The van der Waals surface area contributed by atoms with Crippen molar-refractivity contribution in [3.8, 4) is 0 Å². The van der Waals surface area contributed by atoms with Crippen LogP contribution >= 0.6 is 0 Å². The van der Waals surface area contributed by atoms with Crippen LogP contribution < -0.4 is 5.32 Å². The molecule has 5 N–H and O–H groups in total. The number of aliphatic hydroxyl groups excluding tert-OH is 4. The molecule has 6 heteroatoms. The van der Waals surface area contributed by atoms with Gasteiger partial charge < -0.3 is 25.7 Å². The van der Waals surface area contributed by atoms with Crippen LogP contribution in [0.2, 0.25) is 0 Å². The van der Waals surface area contributed by atoms with E-state index in [1.807, 2.05) is 0 Å². The lowest BCUT2D eigenvalue weighted by Gasteiger charge is -2.27. The van der Waals surface area contributed by atoms with Crippen LogP contribution in [0.25, 0.3) is 0 Å². The molecule has 4 unspecified atom stereocenters. The van der Waals surface area contributed by atoms with Gasteiger partial charge in [0.1, 0.15) is 12.2 Å². The Morgan fingerprint density at radius 3 is 0.753 bits per heavy atom. The number of carbonyl (C=O) groups excluding carboxylic acids is 1. The van der Waals surface area contributed by atoms with Gasteiger partial charge in [-0.15, -0.1) is 0 Å². The third-order valence-electron chi connectivity index (χ3n) is 17.2. The average Bonchev–Trinajstić information content (AvgIpc) is 3.43. The van der Waals surface area contributed by atoms with Crippen molar-refractivity contribution in [2.45, 2.75) is 430 Å². The van der Waals surface area contributed by atoms with Crippen LogP contribution in [-0.2, 0) is 4.79 Å². The first-order valence-corrected chi connectivity index (χ1v) is 35.6. The molecule has 0 radical (unpaired) electrons. The van der Waals surface area contributed by atoms with E-state index in [0.717, 1.165) is 38.5 Å². The van der Waals surface area contributed by atoms with E-state index in [2.05, 4.69) is 31.3 Å². The Kier molecular flexibility index (Phi) is 65.0. The Labute approximate surface area is 482 Å². The molecular weight excluding hydrogens is 947 g/mol. The van der Waals surface area contributed by atoms with Crippen molar-refractivity contribution in [2.24, 2.45) is 0 Å².